The van der Waals surface area contributed by atoms with Crippen LogP contribution in [0, 0.1) is 30.9 Å². The summed E-state index contributed by atoms with van der Waals surface area (Å²) in [5, 5.41) is 13.4. The minimum atomic E-state index is -0.714. The number of carbonyl (C=O) groups is 2. The molecule has 130 valence electrons. The van der Waals surface area contributed by atoms with E-state index in [-0.39, 0.29) is 11.3 Å². The van der Waals surface area contributed by atoms with Gasteiger partial charge in [-0.25, -0.2) is 4.79 Å². The highest BCUT2D eigenvalue weighted by atomic mass is 16.6. The fourth-order valence-electron chi connectivity index (χ4n) is 2.45. The van der Waals surface area contributed by atoms with Gasteiger partial charge in [0.05, 0.1) is 10.5 Å². The van der Waals surface area contributed by atoms with Gasteiger partial charge in [-0.3, -0.25) is 14.9 Å². The van der Waals surface area contributed by atoms with Crippen molar-refractivity contribution in [3.05, 3.63) is 68.8 Å². The van der Waals surface area contributed by atoms with Crippen molar-refractivity contribution in [3.8, 4) is 0 Å². The number of nitro groups is 1. The zero-order valence-corrected chi connectivity index (χ0v) is 14.2. The van der Waals surface area contributed by atoms with E-state index in [1.165, 1.54) is 25.1 Å². The third-order valence-electron chi connectivity index (χ3n) is 3.47. The summed E-state index contributed by atoms with van der Waals surface area (Å²) >= 11 is 0. The molecule has 0 aliphatic heterocycles. The second-order valence-corrected chi connectivity index (χ2v) is 5.76. The van der Waals surface area contributed by atoms with Crippen molar-refractivity contribution in [2.75, 3.05) is 11.9 Å². The van der Waals surface area contributed by atoms with Gasteiger partial charge in [0.25, 0.3) is 11.6 Å². The Bertz CT molecular complexity index is 825. The first-order valence-electron chi connectivity index (χ1n) is 7.56. The quantitative estimate of drug-likeness (QED) is 0.510. The molecule has 7 heteroatoms. The maximum absolute atomic E-state index is 12.0. The standard InChI is InChI=1S/C18H18N2O5/c1-11-6-12(2)8-15(7-11)19-17(21)10-25-18(22)14-4-5-16(20(23)24)13(3)9-14/h4-9H,10H2,1-3H3,(H,19,21). The van der Waals surface area contributed by atoms with Gasteiger partial charge < -0.3 is 10.1 Å². The molecule has 0 fully saturated rings. The lowest BCUT2D eigenvalue weighted by Gasteiger charge is -2.08. The zero-order valence-electron chi connectivity index (χ0n) is 14.2. The largest absolute Gasteiger partial charge is 0.452 e. The maximum Gasteiger partial charge on any atom is 0.338 e. The molecular weight excluding hydrogens is 324 g/mol. The van der Waals surface area contributed by atoms with Crippen molar-refractivity contribution in [3.63, 3.8) is 0 Å². The van der Waals surface area contributed by atoms with Crippen LogP contribution in [0.4, 0.5) is 11.4 Å². The van der Waals surface area contributed by atoms with Crippen LogP contribution in [-0.4, -0.2) is 23.4 Å². The number of amides is 1. The highest BCUT2D eigenvalue weighted by Crippen LogP contribution is 2.19. The van der Waals surface area contributed by atoms with Crippen LogP contribution in [0.15, 0.2) is 36.4 Å². The topological polar surface area (TPSA) is 98.5 Å². The number of carbonyl (C=O) groups excluding carboxylic acids is 2. The zero-order chi connectivity index (χ0) is 18.6. The molecule has 1 N–H and O–H groups in total. The fraction of sp³-hybridized carbons (Fsp3) is 0.222. The van der Waals surface area contributed by atoms with Gasteiger partial charge in [-0.1, -0.05) is 6.07 Å². The molecule has 2 aromatic carbocycles. The van der Waals surface area contributed by atoms with Gasteiger partial charge in [-0.2, -0.15) is 0 Å². The summed E-state index contributed by atoms with van der Waals surface area (Å²) in [6.45, 7) is 4.92. The van der Waals surface area contributed by atoms with E-state index in [4.69, 9.17) is 4.74 Å². The number of nitrogens with one attached hydrogen (secondary N) is 1. The summed E-state index contributed by atoms with van der Waals surface area (Å²) in [4.78, 5) is 34.1. The molecule has 0 saturated heterocycles. The lowest BCUT2D eigenvalue weighted by Crippen LogP contribution is -2.21. The minimum absolute atomic E-state index is 0.0795. The van der Waals surface area contributed by atoms with Gasteiger partial charge in [0, 0.05) is 17.3 Å². The third kappa shape index (κ3) is 4.87. The van der Waals surface area contributed by atoms with Crippen LogP contribution in [0.2, 0.25) is 0 Å². The molecule has 0 unspecified atom stereocenters. The molecule has 0 bridgehead atoms. The molecule has 2 rings (SSSR count). The van der Waals surface area contributed by atoms with Crippen molar-refractivity contribution in [1.29, 1.82) is 0 Å². The fourth-order valence-corrected chi connectivity index (χ4v) is 2.45. The number of nitro benzene ring substituents is 1. The Morgan fingerprint density at radius 1 is 1.08 bits per heavy atom. The first kappa shape index (κ1) is 18.1. The summed E-state index contributed by atoms with van der Waals surface area (Å²) in [5.74, 6) is -1.18. The second kappa shape index (κ2) is 7.57. The van der Waals surface area contributed by atoms with E-state index in [1.54, 1.807) is 0 Å². The van der Waals surface area contributed by atoms with Crippen LogP contribution in [0.5, 0.6) is 0 Å². The van der Waals surface area contributed by atoms with Gasteiger partial charge in [0.2, 0.25) is 0 Å². The number of hydrogen-bond acceptors (Lipinski definition) is 5. The first-order valence-corrected chi connectivity index (χ1v) is 7.56. The Morgan fingerprint density at radius 2 is 1.72 bits per heavy atom. The summed E-state index contributed by atoms with van der Waals surface area (Å²) in [5.41, 5.74) is 3.07. The second-order valence-electron chi connectivity index (χ2n) is 5.76. The van der Waals surface area contributed by atoms with Crippen molar-refractivity contribution in [2.45, 2.75) is 20.8 Å². The number of anilines is 1. The van der Waals surface area contributed by atoms with Gasteiger partial charge in [0.15, 0.2) is 6.61 Å². The minimum Gasteiger partial charge on any atom is -0.452 e. The highest BCUT2D eigenvalue weighted by molar-refractivity contribution is 5.95. The predicted molar refractivity (Wildman–Crippen MR) is 92.7 cm³/mol. The summed E-state index contributed by atoms with van der Waals surface area (Å²) in [6.07, 6.45) is 0. The molecule has 0 aliphatic carbocycles. The average molecular weight is 342 g/mol. The summed E-state index contributed by atoms with van der Waals surface area (Å²) in [7, 11) is 0. The Hall–Kier alpha value is -3.22. The van der Waals surface area contributed by atoms with E-state index in [1.807, 2.05) is 32.0 Å². The molecule has 0 heterocycles. The van der Waals surface area contributed by atoms with Crippen LogP contribution in [-0.2, 0) is 9.53 Å². The number of aryl methyl sites for hydroxylation is 3. The lowest BCUT2D eigenvalue weighted by molar-refractivity contribution is -0.385. The van der Waals surface area contributed by atoms with Crippen molar-refractivity contribution < 1.29 is 19.2 Å². The average Bonchev–Trinajstić information content (AvgIpc) is 2.51. The van der Waals surface area contributed by atoms with E-state index >= 15 is 0 Å². The van der Waals surface area contributed by atoms with E-state index in [9.17, 15) is 19.7 Å². The summed E-state index contributed by atoms with van der Waals surface area (Å²) < 4.78 is 4.96. The molecule has 0 radical (unpaired) electrons. The van der Waals surface area contributed by atoms with Gasteiger partial charge in [-0.15, -0.1) is 0 Å². The molecule has 0 aromatic heterocycles. The number of benzene rings is 2. The van der Waals surface area contributed by atoms with Crippen molar-refractivity contribution >= 4 is 23.3 Å². The molecule has 25 heavy (non-hydrogen) atoms. The number of rotatable bonds is 5. The Morgan fingerprint density at radius 3 is 2.28 bits per heavy atom. The molecule has 7 nitrogen and oxygen atoms in total. The number of ether oxygens (including phenoxy) is 1. The molecule has 0 aliphatic rings. The first-order chi connectivity index (χ1) is 11.8. The number of hydrogen-bond donors (Lipinski definition) is 1. The Labute approximate surface area is 144 Å². The lowest BCUT2D eigenvalue weighted by atomic mass is 10.1. The van der Waals surface area contributed by atoms with Gasteiger partial charge >= 0.3 is 5.97 Å². The molecule has 1 amide bonds. The molecule has 0 saturated carbocycles. The smallest absolute Gasteiger partial charge is 0.338 e. The molecular formula is C18H18N2O5. The SMILES string of the molecule is Cc1cc(C)cc(NC(=O)COC(=O)c2ccc([N+](=O)[O-])c(C)c2)c1. The highest BCUT2D eigenvalue weighted by Gasteiger charge is 2.15. The third-order valence-corrected chi connectivity index (χ3v) is 3.47. The molecule has 0 spiro atoms. The monoisotopic (exact) mass is 342 g/mol. The van der Waals surface area contributed by atoms with Crippen LogP contribution in [0.1, 0.15) is 27.0 Å². The maximum atomic E-state index is 12.0. The van der Waals surface area contributed by atoms with E-state index in [0.717, 1.165) is 11.1 Å². The molecule has 2 aromatic rings. The van der Waals surface area contributed by atoms with E-state index in [2.05, 4.69) is 5.32 Å². The Kier molecular flexibility index (Phi) is 5.49. The number of esters is 1. The van der Waals surface area contributed by atoms with Crippen LogP contribution in [0.25, 0.3) is 0 Å². The van der Waals surface area contributed by atoms with Crippen LogP contribution < -0.4 is 5.32 Å². The van der Waals surface area contributed by atoms with Crippen molar-refractivity contribution in [1.82, 2.24) is 0 Å². The van der Waals surface area contributed by atoms with Crippen molar-refractivity contribution in [2.24, 2.45) is 0 Å². The van der Waals surface area contributed by atoms with Gasteiger partial charge in [-0.05, 0) is 56.2 Å². The van der Waals surface area contributed by atoms with Gasteiger partial charge in [0.1, 0.15) is 0 Å². The van der Waals surface area contributed by atoms with E-state index in [0.29, 0.717) is 11.3 Å². The van der Waals surface area contributed by atoms with Crippen LogP contribution in [0.3, 0.4) is 0 Å². The summed E-state index contributed by atoms with van der Waals surface area (Å²) in [6, 6.07) is 9.50. The number of nitrogens with zero attached hydrogens (tertiary/aromatic N) is 1. The van der Waals surface area contributed by atoms with Crippen LogP contribution >= 0.6 is 0 Å². The van der Waals surface area contributed by atoms with E-state index < -0.39 is 23.4 Å². The predicted octanol–water partition coefficient (Wildman–Crippen LogP) is 3.32. The molecule has 0 atom stereocenters. The normalized spacial score (nSPS) is 10.2. The Balaban J connectivity index is 1.96.